The van der Waals surface area contributed by atoms with Crippen molar-refractivity contribution in [1.29, 1.82) is 5.26 Å². The van der Waals surface area contributed by atoms with Crippen LogP contribution in [0.25, 0.3) is 11.4 Å². The molecule has 1 aromatic carbocycles. The van der Waals surface area contributed by atoms with Crippen LogP contribution in [0.5, 0.6) is 0 Å². The Balaban J connectivity index is 2.61. The fourth-order valence-corrected chi connectivity index (χ4v) is 1.82. The molecule has 2 rings (SSSR count). The first-order valence-corrected chi connectivity index (χ1v) is 5.72. The van der Waals surface area contributed by atoms with Crippen LogP contribution in [0.15, 0.2) is 30.5 Å². The number of hydrogen-bond acceptors (Lipinski definition) is 3. The van der Waals surface area contributed by atoms with Gasteiger partial charge in [-0.1, -0.05) is 12.1 Å². The Hall–Kier alpha value is -2.33. The molecule has 0 aliphatic rings. The Morgan fingerprint density at radius 2 is 2.00 bits per heavy atom. The average molecular weight is 281 g/mol. The van der Waals surface area contributed by atoms with Gasteiger partial charge in [0.25, 0.3) is 0 Å². The quantitative estimate of drug-likeness (QED) is 0.939. The van der Waals surface area contributed by atoms with Crippen LogP contribution in [0.1, 0.15) is 11.3 Å². The topological polar surface area (TPSA) is 61.8 Å². The van der Waals surface area contributed by atoms with E-state index in [1.165, 1.54) is 16.7 Å². The minimum atomic E-state index is -4.57. The van der Waals surface area contributed by atoms with Crippen molar-refractivity contribution >= 4 is 0 Å². The van der Waals surface area contributed by atoms with Crippen LogP contribution in [0, 0.1) is 11.3 Å². The van der Waals surface area contributed by atoms with Gasteiger partial charge in [-0.15, -0.1) is 0 Å². The van der Waals surface area contributed by atoms with Crippen LogP contribution in [-0.2, 0) is 12.7 Å². The molecule has 1 N–H and O–H groups in total. The molecule has 104 valence electrons. The lowest BCUT2D eigenvalue weighted by atomic mass is 10.1. The molecule has 1 heterocycles. The zero-order valence-corrected chi connectivity index (χ0v) is 10.2. The Labute approximate surface area is 112 Å². The normalized spacial score (nSPS) is 11.3. The van der Waals surface area contributed by atoms with E-state index in [4.69, 9.17) is 10.4 Å². The zero-order chi connectivity index (χ0) is 14.8. The minimum absolute atomic E-state index is 0.0172. The number of aliphatic hydroxyl groups excluding tert-OH is 1. The molecule has 0 aliphatic carbocycles. The summed E-state index contributed by atoms with van der Waals surface area (Å²) in [7, 11) is 0. The molecule has 0 amide bonds. The summed E-state index contributed by atoms with van der Waals surface area (Å²) in [5.74, 6) is 0.0172. The number of alkyl halides is 3. The Morgan fingerprint density at radius 3 is 2.60 bits per heavy atom. The second-order valence-electron chi connectivity index (χ2n) is 4.02. The second kappa shape index (κ2) is 5.35. The number of aliphatic hydroxyl groups is 1. The number of nitrogens with zero attached hydrogens (tertiary/aromatic N) is 3. The molecule has 0 saturated heterocycles. The summed E-state index contributed by atoms with van der Waals surface area (Å²) in [5.41, 5.74) is -0.515. The molecule has 0 spiro atoms. The van der Waals surface area contributed by atoms with Crippen molar-refractivity contribution in [3.63, 3.8) is 0 Å². The van der Waals surface area contributed by atoms with Crippen molar-refractivity contribution in [2.24, 2.45) is 0 Å². The number of halogens is 3. The van der Waals surface area contributed by atoms with Crippen LogP contribution in [0.3, 0.4) is 0 Å². The maximum absolute atomic E-state index is 12.7. The van der Waals surface area contributed by atoms with Crippen molar-refractivity contribution in [2.75, 3.05) is 6.61 Å². The average Bonchev–Trinajstić information content (AvgIpc) is 2.83. The predicted molar refractivity (Wildman–Crippen MR) is 64.5 cm³/mol. The van der Waals surface area contributed by atoms with Gasteiger partial charge in [0.1, 0.15) is 5.82 Å². The first-order chi connectivity index (χ1) is 9.47. The number of rotatable bonds is 3. The SMILES string of the molecule is N#Cc1ccccc1-c1nc(C(F)(F)F)cn1CCO. The summed E-state index contributed by atoms with van der Waals surface area (Å²) in [5, 5.41) is 17.9. The van der Waals surface area contributed by atoms with E-state index >= 15 is 0 Å². The van der Waals surface area contributed by atoms with E-state index in [-0.39, 0.29) is 24.5 Å². The van der Waals surface area contributed by atoms with Crippen LogP contribution in [0.4, 0.5) is 13.2 Å². The molecule has 7 heteroatoms. The molecule has 2 aromatic rings. The third-order valence-corrected chi connectivity index (χ3v) is 2.70. The van der Waals surface area contributed by atoms with Gasteiger partial charge in [-0.3, -0.25) is 0 Å². The first-order valence-electron chi connectivity index (χ1n) is 5.72. The van der Waals surface area contributed by atoms with E-state index in [9.17, 15) is 13.2 Å². The van der Waals surface area contributed by atoms with Crippen LogP contribution < -0.4 is 0 Å². The molecule has 0 bridgehead atoms. The van der Waals surface area contributed by atoms with E-state index < -0.39 is 11.9 Å². The molecule has 0 fully saturated rings. The monoisotopic (exact) mass is 281 g/mol. The van der Waals surface area contributed by atoms with Gasteiger partial charge < -0.3 is 9.67 Å². The molecule has 20 heavy (non-hydrogen) atoms. The number of nitriles is 1. The van der Waals surface area contributed by atoms with Gasteiger partial charge in [0.05, 0.1) is 18.2 Å². The van der Waals surface area contributed by atoms with Gasteiger partial charge in [0.15, 0.2) is 5.69 Å². The molecular formula is C13H10F3N3O. The lowest BCUT2D eigenvalue weighted by molar-refractivity contribution is -0.140. The Bertz CT molecular complexity index is 656. The van der Waals surface area contributed by atoms with E-state index in [0.29, 0.717) is 5.56 Å². The Morgan fingerprint density at radius 1 is 1.30 bits per heavy atom. The second-order valence-corrected chi connectivity index (χ2v) is 4.02. The van der Waals surface area contributed by atoms with Crippen molar-refractivity contribution in [1.82, 2.24) is 9.55 Å². The lowest BCUT2D eigenvalue weighted by Crippen LogP contribution is -2.05. The molecule has 0 unspecified atom stereocenters. The number of aromatic nitrogens is 2. The smallest absolute Gasteiger partial charge is 0.395 e. The van der Waals surface area contributed by atoms with Crippen molar-refractivity contribution in [3.8, 4) is 17.5 Å². The summed E-state index contributed by atoms with van der Waals surface area (Å²) in [6, 6.07) is 8.17. The van der Waals surface area contributed by atoms with Gasteiger partial charge in [-0.25, -0.2) is 4.98 Å². The van der Waals surface area contributed by atoms with Gasteiger partial charge in [-0.05, 0) is 12.1 Å². The van der Waals surface area contributed by atoms with E-state index in [2.05, 4.69) is 4.98 Å². The summed E-state index contributed by atoms with van der Waals surface area (Å²) < 4.78 is 39.3. The summed E-state index contributed by atoms with van der Waals surface area (Å²) in [6.45, 7) is -0.354. The summed E-state index contributed by atoms with van der Waals surface area (Å²) in [6.07, 6.45) is -3.74. The minimum Gasteiger partial charge on any atom is -0.395 e. The van der Waals surface area contributed by atoms with E-state index in [1.54, 1.807) is 12.1 Å². The van der Waals surface area contributed by atoms with E-state index in [1.807, 2.05) is 6.07 Å². The zero-order valence-electron chi connectivity index (χ0n) is 10.2. The van der Waals surface area contributed by atoms with Crippen LogP contribution >= 0.6 is 0 Å². The third kappa shape index (κ3) is 2.65. The summed E-state index contributed by atoms with van der Waals surface area (Å²) in [4.78, 5) is 3.55. The van der Waals surface area contributed by atoms with Crippen LogP contribution in [0.2, 0.25) is 0 Å². The number of benzene rings is 1. The van der Waals surface area contributed by atoms with Crippen molar-refractivity contribution < 1.29 is 18.3 Å². The predicted octanol–water partition coefficient (Wildman–Crippen LogP) is 2.43. The number of hydrogen-bond donors (Lipinski definition) is 1. The van der Waals surface area contributed by atoms with Crippen molar-refractivity contribution in [2.45, 2.75) is 12.7 Å². The Kier molecular flexibility index (Phi) is 3.77. The molecule has 0 saturated carbocycles. The maximum atomic E-state index is 12.7. The first kappa shape index (κ1) is 14.1. The highest BCUT2D eigenvalue weighted by molar-refractivity contribution is 5.65. The largest absolute Gasteiger partial charge is 0.434 e. The lowest BCUT2D eigenvalue weighted by Gasteiger charge is -2.06. The molecule has 4 nitrogen and oxygen atoms in total. The highest BCUT2D eigenvalue weighted by atomic mass is 19.4. The van der Waals surface area contributed by atoms with Gasteiger partial charge in [0, 0.05) is 18.3 Å². The van der Waals surface area contributed by atoms with Crippen LogP contribution in [-0.4, -0.2) is 21.3 Å². The highest BCUT2D eigenvalue weighted by Gasteiger charge is 2.35. The molecule has 0 radical (unpaired) electrons. The van der Waals surface area contributed by atoms with Crippen molar-refractivity contribution in [3.05, 3.63) is 41.7 Å². The third-order valence-electron chi connectivity index (χ3n) is 2.70. The maximum Gasteiger partial charge on any atom is 0.434 e. The molecule has 1 aromatic heterocycles. The molecule has 0 atom stereocenters. The molecular weight excluding hydrogens is 271 g/mol. The highest BCUT2D eigenvalue weighted by Crippen LogP contribution is 2.31. The van der Waals surface area contributed by atoms with Gasteiger partial charge in [-0.2, -0.15) is 18.4 Å². The molecule has 0 aliphatic heterocycles. The standard InChI is InChI=1S/C13H10F3N3O/c14-13(15,16)11-8-19(5-6-20)12(18-11)10-4-2-1-3-9(10)7-17/h1-4,8,20H,5-6H2. The fourth-order valence-electron chi connectivity index (χ4n) is 1.82. The van der Waals surface area contributed by atoms with Gasteiger partial charge >= 0.3 is 6.18 Å². The fraction of sp³-hybridized carbons (Fsp3) is 0.231. The summed E-state index contributed by atoms with van der Waals surface area (Å²) >= 11 is 0. The number of imidazole rings is 1. The van der Waals surface area contributed by atoms with E-state index in [0.717, 1.165) is 6.20 Å². The van der Waals surface area contributed by atoms with Gasteiger partial charge in [0.2, 0.25) is 0 Å².